The van der Waals surface area contributed by atoms with Gasteiger partial charge in [0.1, 0.15) is 5.56 Å². The second-order valence-electron chi connectivity index (χ2n) is 5.90. The first-order valence-corrected chi connectivity index (χ1v) is 10.4. The Bertz CT molecular complexity index is 863. The molecule has 0 amide bonds. The number of rotatable bonds is 4. The van der Waals surface area contributed by atoms with Gasteiger partial charge in [-0.25, -0.2) is 22.7 Å². The molecule has 1 N–H and O–H groups in total. The molecular formula is C14H16F3N5O2S2. The van der Waals surface area contributed by atoms with E-state index < -0.39 is 21.8 Å². The molecule has 3 rings (SSSR count). The van der Waals surface area contributed by atoms with Crippen LogP contribution >= 0.6 is 11.3 Å². The van der Waals surface area contributed by atoms with Gasteiger partial charge in [0.15, 0.2) is 0 Å². The maximum atomic E-state index is 13.2. The minimum atomic E-state index is -4.57. The van der Waals surface area contributed by atoms with Crippen LogP contribution in [0.5, 0.6) is 0 Å². The number of halogens is 3. The largest absolute Gasteiger partial charge is 0.420 e. The number of sulfonamides is 1. The standard InChI is InChI=1S/C14H16F3N5O2S2/c1-26(23,24)22-4-2-9(3-5-22)20-13-19-6-10(14(15,16)17)12(21-13)11-7-18-8-25-11/h6-9H,2-5H2,1H3,(H,19,20,21). The van der Waals surface area contributed by atoms with Crippen LogP contribution in [0.3, 0.4) is 0 Å². The van der Waals surface area contributed by atoms with Gasteiger partial charge in [0.05, 0.1) is 22.3 Å². The van der Waals surface area contributed by atoms with Gasteiger partial charge in [0, 0.05) is 31.5 Å². The molecule has 1 saturated heterocycles. The fourth-order valence-electron chi connectivity index (χ4n) is 2.69. The van der Waals surface area contributed by atoms with Crippen molar-refractivity contribution >= 4 is 27.3 Å². The van der Waals surface area contributed by atoms with Crippen molar-refractivity contribution in [1.82, 2.24) is 19.3 Å². The molecule has 0 radical (unpaired) electrons. The van der Waals surface area contributed by atoms with Crippen molar-refractivity contribution in [2.24, 2.45) is 0 Å². The van der Waals surface area contributed by atoms with Crippen molar-refractivity contribution in [1.29, 1.82) is 0 Å². The summed E-state index contributed by atoms with van der Waals surface area (Å²) in [5.41, 5.74) is 0.302. The van der Waals surface area contributed by atoms with Crippen molar-refractivity contribution < 1.29 is 21.6 Å². The summed E-state index contributed by atoms with van der Waals surface area (Å²) in [6.45, 7) is 0.692. The monoisotopic (exact) mass is 407 g/mol. The van der Waals surface area contributed by atoms with Gasteiger partial charge in [-0.1, -0.05) is 0 Å². The first kappa shape index (κ1) is 19.0. The number of piperidine rings is 1. The molecule has 7 nitrogen and oxygen atoms in total. The van der Waals surface area contributed by atoms with Crippen LogP contribution < -0.4 is 5.32 Å². The molecule has 0 saturated carbocycles. The molecule has 0 aliphatic carbocycles. The fourth-order valence-corrected chi connectivity index (χ4v) is 4.19. The predicted octanol–water partition coefficient (Wildman–Crippen LogP) is 2.45. The maximum Gasteiger partial charge on any atom is 0.420 e. The lowest BCUT2D eigenvalue weighted by molar-refractivity contribution is -0.137. The molecule has 2 aromatic heterocycles. The van der Waals surface area contributed by atoms with Crippen LogP contribution in [0.15, 0.2) is 17.9 Å². The Kier molecular flexibility index (Phi) is 5.17. The van der Waals surface area contributed by atoms with Crippen LogP contribution in [0.4, 0.5) is 19.1 Å². The molecule has 1 aliphatic heterocycles. The lowest BCUT2D eigenvalue weighted by Gasteiger charge is -2.30. The molecule has 1 fully saturated rings. The Hall–Kier alpha value is -1.79. The molecule has 0 unspecified atom stereocenters. The zero-order valence-corrected chi connectivity index (χ0v) is 15.3. The van der Waals surface area contributed by atoms with Crippen LogP contribution in [-0.4, -0.2) is 53.1 Å². The van der Waals surface area contributed by atoms with Crippen LogP contribution in [0, 0.1) is 0 Å². The lowest BCUT2D eigenvalue weighted by atomic mass is 10.1. The molecule has 3 heterocycles. The zero-order chi connectivity index (χ0) is 18.9. The van der Waals surface area contributed by atoms with Crippen LogP contribution in [-0.2, 0) is 16.2 Å². The highest BCUT2D eigenvalue weighted by Gasteiger charge is 2.36. The minimum absolute atomic E-state index is 0.0826. The number of anilines is 1. The third-order valence-electron chi connectivity index (χ3n) is 4.02. The van der Waals surface area contributed by atoms with Crippen LogP contribution in [0.1, 0.15) is 18.4 Å². The van der Waals surface area contributed by atoms with Crippen molar-refractivity contribution in [2.45, 2.75) is 25.1 Å². The molecule has 26 heavy (non-hydrogen) atoms. The third-order valence-corrected chi connectivity index (χ3v) is 6.10. The first-order valence-electron chi connectivity index (χ1n) is 7.69. The van der Waals surface area contributed by atoms with Gasteiger partial charge < -0.3 is 5.32 Å². The first-order chi connectivity index (χ1) is 12.1. The molecule has 0 aromatic carbocycles. The van der Waals surface area contributed by atoms with Gasteiger partial charge in [-0.15, -0.1) is 11.3 Å². The van der Waals surface area contributed by atoms with E-state index >= 15 is 0 Å². The Balaban J connectivity index is 1.79. The number of hydrogen-bond donors (Lipinski definition) is 1. The fraction of sp³-hybridized carbons (Fsp3) is 0.500. The number of nitrogens with zero attached hydrogens (tertiary/aromatic N) is 4. The van der Waals surface area contributed by atoms with Crippen molar-refractivity contribution in [2.75, 3.05) is 24.7 Å². The lowest BCUT2D eigenvalue weighted by Crippen LogP contribution is -2.42. The van der Waals surface area contributed by atoms with Crippen molar-refractivity contribution in [3.05, 3.63) is 23.5 Å². The third kappa shape index (κ3) is 4.30. The van der Waals surface area contributed by atoms with E-state index in [2.05, 4.69) is 20.3 Å². The summed E-state index contributed by atoms with van der Waals surface area (Å²) in [5, 5.41) is 3.01. The minimum Gasteiger partial charge on any atom is -0.351 e. The Morgan fingerprint density at radius 3 is 2.50 bits per heavy atom. The van der Waals surface area contributed by atoms with E-state index in [0.29, 0.717) is 30.8 Å². The Morgan fingerprint density at radius 1 is 1.27 bits per heavy atom. The van der Waals surface area contributed by atoms with E-state index in [1.54, 1.807) is 0 Å². The highest BCUT2D eigenvalue weighted by molar-refractivity contribution is 7.88. The summed E-state index contributed by atoms with van der Waals surface area (Å²) in [6, 6.07) is -0.112. The van der Waals surface area contributed by atoms with E-state index in [1.807, 2.05) is 0 Å². The number of hydrogen-bond acceptors (Lipinski definition) is 7. The highest BCUT2D eigenvalue weighted by Crippen LogP contribution is 2.37. The summed E-state index contributed by atoms with van der Waals surface area (Å²) in [4.78, 5) is 11.9. The molecule has 0 spiro atoms. The second kappa shape index (κ2) is 7.08. The highest BCUT2D eigenvalue weighted by atomic mass is 32.2. The molecule has 1 aliphatic rings. The Morgan fingerprint density at radius 2 is 1.96 bits per heavy atom. The zero-order valence-electron chi connectivity index (χ0n) is 13.7. The quantitative estimate of drug-likeness (QED) is 0.838. The summed E-state index contributed by atoms with van der Waals surface area (Å²) in [7, 11) is -3.24. The van der Waals surface area contributed by atoms with Gasteiger partial charge in [0.2, 0.25) is 16.0 Å². The van der Waals surface area contributed by atoms with Gasteiger partial charge in [0.25, 0.3) is 0 Å². The van der Waals surface area contributed by atoms with Crippen molar-refractivity contribution in [3.63, 3.8) is 0 Å². The van der Waals surface area contributed by atoms with Crippen LogP contribution in [0.2, 0.25) is 0 Å². The number of thiazole rings is 1. The van der Waals surface area contributed by atoms with Gasteiger partial charge in [-0.05, 0) is 12.8 Å². The average Bonchev–Trinajstić information content (AvgIpc) is 3.08. The van der Waals surface area contributed by atoms with E-state index in [9.17, 15) is 21.6 Å². The van der Waals surface area contributed by atoms with Gasteiger partial charge in [-0.2, -0.15) is 13.2 Å². The smallest absolute Gasteiger partial charge is 0.351 e. The molecule has 12 heteroatoms. The summed E-state index contributed by atoms with van der Waals surface area (Å²) in [6.07, 6.45) is -0.285. The maximum absolute atomic E-state index is 13.2. The van der Waals surface area contributed by atoms with Gasteiger partial charge in [-0.3, -0.25) is 4.98 Å². The van der Waals surface area contributed by atoms with Crippen molar-refractivity contribution in [3.8, 4) is 10.6 Å². The number of alkyl halides is 3. The van der Waals surface area contributed by atoms with Gasteiger partial charge >= 0.3 is 6.18 Å². The van der Waals surface area contributed by atoms with E-state index in [-0.39, 0.29) is 17.7 Å². The number of nitrogens with one attached hydrogen (secondary N) is 1. The van der Waals surface area contributed by atoms with E-state index in [4.69, 9.17) is 0 Å². The summed E-state index contributed by atoms with van der Waals surface area (Å²) >= 11 is 1.06. The van der Waals surface area contributed by atoms with Crippen LogP contribution in [0.25, 0.3) is 10.6 Å². The summed E-state index contributed by atoms with van der Waals surface area (Å²) < 4.78 is 64.1. The molecule has 142 valence electrons. The molecule has 2 aromatic rings. The summed E-state index contributed by atoms with van der Waals surface area (Å²) in [5.74, 6) is 0.0826. The second-order valence-corrected chi connectivity index (χ2v) is 8.77. The molecule has 0 atom stereocenters. The molecular weight excluding hydrogens is 391 g/mol. The Labute approximate surface area is 152 Å². The topological polar surface area (TPSA) is 88.1 Å². The predicted molar refractivity (Wildman–Crippen MR) is 91.2 cm³/mol. The SMILES string of the molecule is CS(=O)(=O)N1CCC(Nc2ncc(C(F)(F)F)c(-c3cncs3)n2)CC1. The average molecular weight is 407 g/mol. The number of aromatic nitrogens is 3. The molecule has 0 bridgehead atoms. The van der Waals surface area contributed by atoms with E-state index in [1.165, 1.54) is 16.0 Å². The van der Waals surface area contributed by atoms with E-state index in [0.717, 1.165) is 23.8 Å². The normalized spacial score (nSPS) is 17.4.